The smallest absolute Gasteiger partial charge is 0.306 e. The van der Waals surface area contributed by atoms with Crippen molar-refractivity contribution >= 4 is 50.5 Å². The number of sulfonamides is 1. The van der Waals surface area contributed by atoms with Crippen LogP contribution in [0.1, 0.15) is 119 Å². The Hall–Kier alpha value is -4.48. The van der Waals surface area contributed by atoms with Crippen LogP contribution in [0.4, 0.5) is 8.78 Å². The molecule has 63 heavy (non-hydrogen) atoms. The summed E-state index contributed by atoms with van der Waals surface area (Å²) in [6, 6.07) is 3.62. The minimum Gasteiger partial charge on any atom is -0.497 e. The van der Waals surface area contributed by atoms with Gasteiger partial charge in [0.15, 0.2) is 5.78 Å². The molecule has 2 saturated heterocycles. The number of aryl methyl sites for hydroxylation is 1. The van der Waals surface area contributed by atoms with Crippen LogP contribution in [0.3, 0.4) is 0 Å². The van der Waals surface area contributed by atoms with Gasteiger partial charge < -0.3 is 24.0 Å². The Labute approximate surface area is 368 Å². The maximum Gasteiger partial charge on any atom is 0.306 e. The number of hydrogen-bond donors (Lipinski definition) is 1. The fourth-order valence-electron chi connectivity index (χ4n) is 9.66. The van der Waals surface area contributed by atoms with Crippen molar-refractivity contribution in [3.05, 3.63) is 23.9 Å². The number of fused-ring (bicyclic) bond motifs is 5. The molecule has 7 rings (SSSR count). The molecule has 2 aromatic rings. The number of carbonyl (C=O) groups excluding carboxylic acids is 5. The molecule has 1 aromatic heterocycles. The molecule has 4 heterocycles. The van der Waals surface area contributed by atoms with Crippen LogP contribution in [0.5, 0.6) is 11.6 Å². The zero-order chi connectivity index (χ0) is 45.1. The lowest BCUT2D eigenvalue weighted by Crippen LogP contribution is -2.50. The van der Waals surface area contributed by atoms with E-state index < -0.39 is 104 Å². The molecule has 3 aliphatic heterocycles. The summed E-state index contributed by atoms with van der Waals surface area (Å²) in [6.07, 6.45) is -1.72. The summed E-state index contributed by atoms with van der Waals surface area (Å²) in [6.45, 7) is 10.3. The van der Waals surface area contributed by atoms with Gasteiger partial charge in [0.05, 0.1) is 59.3 Å². The number of aromatic nitrogens is 2. The topological polar surface area (TPSA) is 191 Å². The van der Waals surface area contributed by atoms with E-state index in [2.05, 4.69) is 0 Å². The number of nitrogens with zero attached hydrogens (tertiary/aromatic N) is 4. The molecule has 2 bridgehead atoms. The van der Waals surface area contributed by atoms with Crippen LogP contribution in [0.15, 0.2) is 18.2 Å². The maximum absolute atomic E-state index is 15.0. The summed E-state index contributed by atoms with van der Waals surface area (Å²) in [7, 11) is -2.69. The Morgan fingerprint density at radius 2 is 1.75 bits per heavy atom. The lowest BCUT2D eigenvalue weighted by molar-refractivity contribution is -0.158. The van der Waals surface area contributed by atoms with E-state index in [1.807, 2.05) is 4.72 Å². The first-order valence-electron chi connectivity index (χ1n) is 21.8. The average Bonchev–Trinajstić information content (AvgIpc) is 4.06. The van der Waals surface area contributed by atoms with E-state index in [1.165, 1.54) is 25.9 Å². The summed E-state index contributed by atoms with van der Waals surface area (Å²) in [5.41, 5.74) is -1.24. The van der Waals surface area contributed by atoms with E-state index in [1.54, 1.807) is 50.8 Å². The normalized spacial score (nSPS) is 29.9. The highest BCUT2D eigenvalue weighted by Gasteiger charge is 2.67. The van der Waals surface area contributed by atoms with Gasteiger partial charge in [-0.3, -0.25) is 28.7 Å². The van der Waals surface area contributed by atoms with Gasteiger partial charge in [-0.05, 0) is 63.0 Å². The van der Waals surface area contributed by atoms with Crippen LogP contribution in [-0.2, 0) is 45.2 Å². The number of esters is 1. The van der Waals surface area contributed by atoms with Crippen molar-refractivity contribution in [2.45, 2.75) is 155 Å². The number of rotatable bonds is 8. The number of carbonyl (C=O) groups is 5. The molecule has 348 valence electrons. The number of Topliss-reactive ketones (excluding diaryl/α,β-unsaturated/α-hetero) is 1. The number of nitrogens with one attached hydrogen (secondary N) is 1. The third kappa shape index (κ3) is 9.51. The molecule has 18 heteroatoms. The van der Waals surface area contributed by atoms with Crippen molar-refractivity contribution < 1.29 is 55.4 Å². The van der Waals surface area contributed by atoms with Gasteiger partial charge in [-0.1, -0.05) is 48.0 Å². The first kappa shape index (κ1) is 48.0. The number of methoxy groups -OCH3 is 1. The third-order valence-corrected chi connectivity index (χ3v) is 16.2. The first-order chi connectivity index (χ1) is 29.1. The van der Waals surface area contributed by atoms with E-state index >= 15 is 4.79 Å². The van der Waals surface area contributed by atoms with Gasteiger partial charge in [0.1, 0.15) is 23.7 Å². The number of ketones is 1. The molecule has 4 fully saturated rings. The van der Waals surface area contributed by atoms with E-state index in [-0.39, 0.29) is 38.2 Å². The van der Waals surface area contributed by atoms with E-state index in [0.29, 0.717) is 67.5 Å². The molecule has 15 nitrogen and oxygen atoms in total. The Morgan fingerprint density at radius 1 is 1.03 bits per heavy atom. The second-order valence-corrected chi connectivity index (χ2v) is 21.6. The largest absolute Gasteiger partial charge is 0.497 e. The number of alkyl halides is 2. The van der Waals surface area contributed by atoms with Gasteiger partial charge in [0.2, 0.25) is 40.1 Å². The molecule has 8 atom stereocenters. The highest BCUT2D eigenvalue weighted by molar-refractivity contribution is 7.91. The predicted octanol–water partition coefficient (Wildman–Crippen LogP) is 5.80. The summed E-state index contributed by atoms with van der Waals surface area (Å²) in [4.78, 5) is 83.0. The second kappa shape index (κ2) is 17.8. The number of hydrogen-bond acceptors (Lipinski definition) is 12. The number of likely N-dealkylation sites (tertiary alicyclic amines) is 1. The molecule has 1 N–H and O–H groups in total. The Balaban J connectivity index is 0.00000661. The van der Waals surface area contributed by atoms with Crippen molar-refractivity contribution in [2.75, 3.05) is 20.2 Å². The monoisotopic (exact) mass is 903 g/mol. The number of amides is 3. The van der Waals surface area contributed by atoms with Crippen LogP contribution in [0, 0.1) is 28.6 Å². The summed E-state index contributed by atoms with van der Waals surface area (Å²) in [5, 5.41) is 0. The lowest BCUT2D eigenvalue weighted by Gasteiger charge is -2.35. The van der Waals surface area contributed by atoms with E-state index in [4.69, 9.17) is 24.2 Å². The minimum absolute atomic E-state index is 0. The molecule has 0 radical (unpaired) electrons. The summed E-state index contributed by atoms with van der Waals surface area (Å²) < 4.78 is 74.1. The predicted molar refractivity (Wildman–Crippen MR) is 228 cm³/mol. The van der Waals surface area contributed by atoms with Gasteiger partial charge in [-0.15, -0.1) is 0 Å². The number of ether oxygens (including phenoxy) is 3. The van der Waals surface area contributed by atoms with Crippen LogP contribution < -0.4 is 14.2 Å². The third-order valence-electron chi connectivity index (χ3n) is 14.1. The Bertz CT molecular complexity index is 2230. The van der Waals surface area contributed by atoms with Gasteiger partial charge in [0, 0.05) is 44.2 Å². The zero-order valence-electron chi connectivity index (χ0n) is 36.6. The van der Waals surface area contributed by atoms with Crippen LogP contribution in [0.25, 0.3) is 11.0 Å². The zero-order valence-corrected chi connectivity index (χ0v) is 37.4. The Kier molecular flexibility index (Phi) is 13.6. The van der Waals surface area contributed by atoms with E-state index in [0.717, 1.165) is 12.8 Å². The molecule has 5 aliphatic rings. The quantitative estimate of drug-likeness (QED) is 0.314. The molecule has 3 amide bonds. The fourth-order valence-corrected chi connectivity index (χ4v) is 11.0. The van der Waals surface area contributed by atoms with Gasteiger partial charge in [0.25, 0.3) is 0 Å². The highest BCUT2D eigenvalue weighted by atomic mass is 32.2. The molecule has 1 unspecified atom stereocenters. The van der Waals surface area contributed by atoms with Crippen molar-refractivity contribution in [3.8, 4) is 11.6 Å². The van der Waals surface area contributed by atoms with Gasteiger partial charge in [-0.25, -0.2) is 27.2 Å². The first-order valence-corrected chi connectivity index (χ1v) is 23.2. The van der Waals surface area contributed by atoms with E-state index in [9.17, 15) is 36.4 Å². The van der Waals surface area contributed by atoms with Crippen LogP contribution >= 0.6 is 0 Å². The number of halogens is 2. The molecule has 0 spiro atoms. The minimum atomic E-state index is -4.22. The SMILES string of the molecule is C.COc1ccc2nc3c(nc2c1)O[C@H]1CN(C(=O)[C@H](C(C)(C)C)CC(=O)O[C@@H]2CCN(C(C)=O)[C@H]2CCCCC3)[C@H](C(=O)CC2(C(=O)NS(=O)(=O)C3(C)CC3)C[C@H]2C(F)F)[C@@H]1C. The molecular formula is C45H63F2N5O10S. The van der Waals surface area contributed by atoms with Crippen LogP contribution in [-0.4, -0.2) is 113 Å². The molecule has 2 saturated carbocycles. The fraction of sp³-hybridized carbons (Fsp3) is 0.711. The summed E-state index contributed by atoms with van der Waals surface area (Å²) >= 11 is 0. The lowest BCUT2D eigenvalue weighted by atomic mass is 9.77. The van der Waals surface area contributed by atoms with Crippen LogP contribution in [0.2, 0.25) is 0 Å². The van der Waals surface area contributed by atoms with Crippen molar-refractivity contribution in [2.24, 2.45) is 28.6 Å². The molecule has 2 aliphatic carbocycles. The van der Waals surface area contributed by atoms with Gasteiger partial charge in [-0.2, -0.15) is 0 Å². The maximum atomic E-state index is 15.0. The molecule has 1 aromatic carbocycles. The Morgan fingerprint density at radius 3 is 2.37 bits per heavy atom. The van der Waals surface area contributed by atoms with Crippen molar-refractivity contribution in [1.82, 2.24) is 24.5 Å². The van der Waals surface area contributed by atoms with Gasteiger partial charge >= 0.3 is 5.97 Å². The summed E-state index contributed by atoms with van der Waals surface area (Å²) in [5.74, 6) is -5.86. The standard InChI is InChI=1S/C44H59F2N5O10S.CH4/c1-24-35-23-51(37(24)33(53)22-44(21-28(44)38(45)46)41(56)49-62(57,58)43(6)16-17-43)40(55)27(42(3,4)5)20-36(54)60-34-15-18-50(25(2)52)32(34)12-10-8-9-11-30-39(61-35)48-31-19-26(59-7)13-14-29(31)47-30;/h13-14,19,24,27-28,32,34-35,37-38H,8-12,15-18,20-23H2,1-7H3,(H,49,56);1H4/t24-,27-,28+,32+,34-,35+,37+,44?;/m1./s1. The average molecular weight is 904 g/mol. The number of benzene rings is 1. The van der Waals surface area contributed by atoms with Crippen molar-refractivity contribution in [3.63, 3.8) is 0 Å². The second-order valence-electron chi connectivity index (χ2n) is 19.4. The highest BCUT2D eigenvalue weighted by Crippen LogP contribution is 2.59. The van der Waals surface area contributed by atoms with Crippen molar-refractivity contribution in [1.29, 1.82) is 0 Å². The molecular weight excluding hydrogens is 841 g/mol.